The van der Waals surface area contributed by atoms with E-state index in [-0.39, 0.29) is 11.9 Å². The molecule has 118 valence electrons. The van der Waals surface area contributed by atoms with Crippen molar-refractivity contribution in [1.29, 1.82) is 0 Å². The fourth-order valence-corrected chi connectivity index (χ4v) is 3.02. The van der Waals surface area contributed by atoms with Crippen LogP contribution in [0.15, 0.2) is 18.2 Å². The highest BCUT2D eigenvalue weighted by Crippen LogP contribution is 2.24. The zero-order valence-electron chi connectivity index (χ0n) is 12.9. The molecule has 1 aliphatic rings. The summed E-state index contributed by atoms with van der Waals surface area (Å²) in [5, 5.41) is 0. The number of hydrogen-bond donors (Lipinski definition) is 1. The summed E-state index contributed by atoms with van der Waals surface area (Å²) in [5.74, 6) is -0.151. The average Bonchev–Trinajstić information content (AvgIpc) is 2.44. The van der Waals surface area contributed by atoms with Crippen LogP contribution in [0.3, 0.4) is 0 Å². The van der Waals surface area contributed by atoms with Crippen LogP contribution in [0, 0.1) is 17.6 Å². The molecule has 21 heavy (non-hydrogen) atoms. The molecule has 2 N–H and O–H groups in total. The van der Waals surface area contributed by atoms with Gasteiger partial charge in [-0.2, -0.15) is 0 Å². The van der Waals surface area contributed by atoms with Crippen LogP contribution in [0.5, 0.6) is 0 Å². The summed E-state index contributed by atoms with van der Waals surface area (Å²) in [6.45, 7) is 9.36. The first kappa shape index (κ1) is 16.3. The molecule has 1 aliphatic heterocycles. The molecule has 5 heteroatoms. The van der Waals surface area contributed by atoms with E-state index in [1.807, 2.05) is 0 Å². The summed E-state index contributed by atoms with van der Waals surface area (Å²) in [5.41, 5.74) is 6.20. The van der Waals surface area contributed by atoms with Gasteiger partial charge in [0.2, 0.25) is 0 Å². The normalized spacial score (nSPS) is 19.1. The molecule has 1 aromatic carbocycles. The molecule has 1 saturated heterocycles. The largest absolute Gasteiger partial charge is 0.329 e. The van der Waals surface area contributed by atoms with Gasteiger partial charge in [0.25, 0.3) is 0 Å². The first-order chi connectivity index (χ1) is 10.0. The van der Waals surface area contributed by atoms with Gasteiger partial charge < -0.3 is 10.6 Å². The van der Waals surface area contributed by atoms with Crippen LogP contribution in [0.25, 0.3) is 0 Å². The Morgan fingerprint density at radius 1 is 1.14 bits per heavy atom. The number of hydrogen-bond acceptors (Lipinski definition) is 3. The minimum absolute atomic E-state index is 0.248. The lowest BCUT2D eigenvalue weighted by molar-refractivity contribution is 0.0898. The van der Waals surface area contributed by atoms with Crippen molar-refractivity contribution < 1.29 is 8.78 Å². The monoisotopic (exact) mass is 297 g/mol. The minimum Gasteiger partial charge on any atom is -0.329 e. The van der Waals surface area contributed by atoms with Gasteiger partial charge in [0.15, 0.2) is 0 Å². The zero-order valence-corrected chi connectivity index (χ0v) is 12.9. The highest BCUT2D eigenvalue weighted by molar-refractivity contribution is 5.23. The maximum atomic E-state index is 14.0. The molecule has 0 spiro atoms. The van der Waals surface area contributed by atoms with Crippen molar-refractivity contribution >= 4 is 0 Å². The van der Waals surface area contributed by atoms with E-state index in [1.54, 1.807) is 0 Å². The average molecular weight is 297 g/mol. The minimum atomic E-state index is -0.414. The van der Waals surface area contributed by atoms with Crippen LogP contribution < -0.4 is 5.73 Å². The van der Waals surface area contributed by atoms with Crippen LogP contribution in [-0.4, -0.2) is 49.1 Å². The smallest absolute Gasteiger partial charge is 0.128 e. The molecule has 1 fully saturated rings. The van der Waals surface area contributed by atoms with Crippen LogP contribution in [0.1, 0.15) is 25.5 Å². The van der Waals surface area contributed by atoms with Gasteiger partial charge in [-0.1, -0.05) is 13.8 Å². The van der Waals surface area contributed by atoms with Crippen molar-refractivity contribution in [2.45, 2.75) is 19.9 Å². The predicted octanol–water partition coefficient (Wildman–Crippen LogP) is 2.24. The van der Waals surface area contributed by atoms with Gasteiger partial charge in [-0.05, 0) is 24.1 Å². The maximum Gasteiger partial charge on any atom is 0.128 e. The van der Waals surface area contributed by atoms with Gasteiger partial charge in [0.1, 0.15) is 11.6 Å². The molecule has 0 aromatic heterocycles. The lowest BCUT2D eigenvalue weighted by atomic mass is 10.0. The Balaban J connectivity index is 2.04. The molecule has 1 heterocycles. The van der Waals surface area contributed by atoms with E-state index in [1.165, 1.54) is 12.1 Å². The van der Waals surface area contributed by atoms with E-state index in [4.69, 9.17) is 5.73 Å². The summed E-state index contributed by atoms with van der Waals surface area (Å²) in [7, 11) is 0. The van der Waals surface area contributed by atoms with Gasteiger partial charge in [0.05, 0.1) is 6.04 Å². The van der Waals surface area contributed by atoms with Gasteiger partial charge >= 0.3 is 0 Å². The first-order valence-electron chi connectivity index (χ1n) is 7.62. The molecule has 3 nitrogen and oxygen atoms in total. The third-order valence-corrected chi connectivity index (χ3v) is 4.01. The van der Waals surface area contributed by atoms with Gasteiger partial charge in [-0.15, -0.1) is 0 Å². The lowest BCUT2D eigenvalue weighted by Gasteiger charge is -2.39. The Kier molecular flexibility index (Phi) is 5.67. The summed E-state index contributed by atoms with van der Waals surface area (Å²) < 4.78 is 27.3. The highest BCUT2D eigenvalue weighted by Gasteiger charge is 2.26. The first-order valence-corrected chi connectivity index (χ1v) is 7.62. The van der Waals surface area contributed by atoms with Crippen LogP contribution in [0.4, 0.5) is 8.78 Å². The van der Waals surface area contributed by atoms with Crippen molar-refractivity contribution in [3.8, 4) is 0 Å². The second kappa shape index (κ2) is 7.29. The summed E-state index contributed by atoms with van der Waals surface area (Å²) in [6.07, 6.45) is 0. The van der Waals surface area contributed by atoms with E-state index in [0.717, 1.165) is 38.8 Å². The molecular weight excluding hydrogens is 272 g/mol. The standard InChI is InChI=1S/C16H25F2N3/c1-12(2)11-20-5-7-21(8-6-20)16(10-19)14-9-13(17)3-4-15(14)18/h3-4,9,12,16H,5-8,10-11,19H2,1-2H3. The SMILES string of the molecule is CC(C)CN1CCN(C(CN)c2cc(F)ccc2F)CC1. The van der Waals surface area contributed by atoms with E-state index in [2.05, 4.69) is 23.6 Å². The number of halogens is 2. The maximum absolute atomic E-state index is 14.0. The number of piperazine rings is 1. The Morgan fingerprint density at radius 3 is 2.38 bits per heavy atom. The fourth-order valence-electron chi connectivity index (χ4n) is 3.02. The molecule has 0 saturated carbocycles. The van der Waals surface area contributed by atoms with E-state index in [0.29, 0.717) is 18.0 Å². The quantitative estimate of drug-likeness (QED) is 0.904. The highest BCUT2D eigenvalue weighted by atomic mass is 19.1. The van der Waals surface area contributed by atoms with Crippen LogP contribution in [-0.2, 0) is 0 Å². The molecular formula is C16H25F2N3. The number of rotatable bonds is 5. The topological polar surface area (TPSA) is 32.5 Å². The molecule has 2 rings (SSSR count). The van der Waals surface area contributed by atoms with Crippen molar-refractivity contribution in [2.75, 3.05) is 39.3 Å². The zero-order chi connectivity index (χ0) is 15.4. The molecule has 0 amide bonds. The van der Waals surface area contributed by atoms with Crippen LogP contribution in [0.2, 0.25) is 0 Å². The molecule has 1 unspecified atom stereocenters. The number of nitrogens with zero attached hydrogens (tertiary/aromatic N) is 2. The third kappa shape index (κ3) is 4.22. The Labute approximate surface area is 125 Å². The van der Waals surface area contributed by atoms with E-state index in [9.17, 15) is 8.78 Å². The summed E-state index contributed by atoms with van der Waals surface area (Å²) in [4.78, 5) is 4.57. The van der Waals surface area contributed by atoms with Gasteiger partial charge in [-0.25, -0.2) is 8.78 Å². The Bertz CT molecular complexity index is 457. The fraction of sp³-hybridized carbons (Fsp3) is 0.625. The number of nitrogens with two attached hydrogens (primary N) is 1. The number of benzene rings is 1. The second-order valence-electron chi connectivity index (χ2n) is 6.15. The predicted molar refractivity (Wildman–Crippen MR) is 81.0 cm³/mol. The van der Waals surface area contributed by atoms with Gasteiger partial charge in [0, 0.05) is 44.8 Å². The third-order valence-electron chi connectivity index (χ3n) is 4.01. The molecule has 1 aromatic rings. The molecule has 0 bridgehead atoms. The summed E-state index contributed by atoms with van der Waals surface area (Å²) >= 11 is 0. The molecule has 1 atom stereocenters. The summed E-state index contributed by atoms with van der Waals surface area (Å²) in [6, 6.07) is 3.35. The van der Waals surface area contributed by atoms with Crippen LogP contribution >= 0.6 is 0 Å². The second-order valence-corrected chi connectivity index (χ2v) is 6.15. The van der Waals surface area contributed by atoms with Crippen molar-refractivity contribution in [1.82, 2.24) is 9.80 Å². The van der Waals surface area contributed by atoms with E-state index < -0.39 is 5.82 Å². The lowest BCUT2D eigenvalue weighted by Crippen LogP contribution is -2.49. The van der Waals surface area contributed by atoms with Crippen molar-refractivity contribution in [3.05, 3.63) is 35.4 Å². The Morgan fingerprint density at radius 2 is 1.81 bits per heavy atom. The Hall–Kier alpha value is -1.04. The van der Waals surface area contributed by atoms with Crippen molar-refractivity contribution in [2.24, 2.45) is 11.7 Å². The van der Waals surface area contributed by atoms with Crippen molar-refractivity contribution in [3.63, 3.8) is 0 Å². The van der Waals surface area contributed by atoms with E-state index >= 15 is 0 Å². The molecule has 0 radical (unpaired) electrons. The molecule has 0 aliphatic carbocycles. The van der Waals surface area contributed by atoms with Gasteiger partial charge in [-0.3, -0.25) is 4.90 Å².